The fourth-order valence-electron chi connectivity index (χ4n) is 4.32. The summed E-state index contributed by atoms with van der Waals surface area (Å²) in [5, 5.41) is 2.95. The molecule has 1 saturated heterocycles. The first-order valence-electron chi connectivity index (χ1n) is 9.36. The lowest BCUT2D eigenvalue weighted by Gasteiger charge is -2.33. The van der Waals surface area contributed by atoms with E-state index in [0.717, 1.165) is 19.3 Å². The predicted octanol–water partition coefficient (Wildman–Crippen LogP) is 3.26. The van der Waals surface area contributed by atoms with Gasteiger partial charge in [0.1, 0.15) is 11.6 Å². The molecule has 1 aliphatic heterocycles. The Balaban J connectivity index is 1.43. The van der Waals surface area contributed by atoms with Crippen LogP contribution in [0.3, 0.4) is 0 Å². The molecule has 28 heavy (non-hydrogen) atoms. The first-order chi connectivity index (χ1) is 13.5. The van der Waals surface area contributed by atoms with Gasteiger partial charge in [-0.3, -0.25) is 15.2 Å². The average Bonchev–Trinajstić information content (AvgIpc) is 3.13. The van der Waals surface area contributed by atoms with Crippen molar-refractivity contribution >= 4 is 17.5 Å². The third-order valence-corrected chi connectivity index (χ3v) is 6.01. The summed E-state index contributed by atoms with van der Waals surface area (Å²) in [5.74, 6) is -1.07. The molecule has 8 heteroatoms. The van der Waals surface area contributed by atoms with Crippen LogP contribution in [0.1, 0.15) is 36.4 Å². The number of carbonyl (C=O) groups is 1. The summed E-state index contributed by atoms with van der Waals surface area (Å²) in [5.41, 5.74) is 7.58. The number of halogens is 3. The first-order valence-corrected chi connectivity index (χ1v) is 9.74. The van der Waals surface area contributed by atoms with Gasteiger partial charge in [0, 0.05) is 24.3 Å². The molecular weight excluding hydrogens is 386 g/mol. The number of rotatable bonds is 4. The van der Waals surface area contributed by atoms with Gasteiger partial charge in [-0.2, -0.15) is 0 Å². The zero-order chi connectivity index (χ0) is 19.7. The Morgan fingerprint density at radius 3 is 2.86 bits per heavy atom. The smallest absolute Gasteiger partial charge is 0.225 e. The van der Waals surface area contributed by atoms with E-state index in [4.69, 9.17) is 11.6 Å². The molecule has 2 fully saturated rings. The SMILES string of the molecule is O=C(NCc1ccc(Cl)c(F)c1)C1CCCC2C(c3ccncc3F)NNC12. The molecule has 0 bridgehead atoms. The maximum absolute atomic E-state index is 14.2. The molecule has 148 valence electrons. The number of hydrogen-bond donors (Lipinski definition) is 3. The van der Waals surface area contributed by atoms with Crippen LogP contribution in [0.15, 0.2) is 36.7 Å². The molecule has 5 nitrogen and oxygen atoms in total. The summed E-state index contributed by atoms with van der Waals surface area (Å²) in [6.07, 6.45) is 5.33. The van der Waals surface area contributed by atoms with Crippen LogP contribution in [0.25, 0.3) is 0 Å². The van der Waals surface area contributed by atoms with E-state index < -0.39 is 5.82 Å². The van der Waals surface area contributed by atoms with Crippen molar-refractivity contribution in [2.24, 2.45) is 11.8 Å². The molecule has 1 aromatic carbocycles. The van der Waals surface area contributed by atoms with Gasteiger partial charge < -0.3 is 5.32 Å². The van der Waals surface area contributed by atoms with Crippen LogP contribution in [-0.4, -0.2) is 16.9 Å². The molecule has 4 unspecified atom stereocenters. The number of nitrogens with one attached hydrogen (secondary N) is 3. The minimum Gasteiger partial charge on any atom is -0.352 e. The van der Waals surface area contributed by atoms with Gasteiger partial charge in [0.15, 0.2) is 0 Å². The Morgan fingerprint density at radius 2 is 2.07 bits per heavy atom. The third kappa shape index (κ3) is 3.74. The molecule has 2 heterocycles. The monoisotopic (exact) mass is 406 g/mol. The van der Waals surface area contributed by atoms with Gasteiger partial charge in [0.25, 0.3) is 0 Å². The number of fused-ring (bicyclic) bond motifs is 1. The molecule has 4 atom stereocenters. The van der Waals surface area contributed by atoms with E-state index in [1.165, 1.54) is 18.3 Å². The molecule has 1 saturated carbocycles. The average molecular weight is 407 g/mol. The summed E-state index contributed by atoms with van der Waals surface area (Å²) >= 11 is 5.69. The van der Waals surface area contributed by atoms with E-state index in [2.05, 4.69) is 21.2 Å². The summed E-state index contributed by atoms with van der Waals surface area (Å²) in [7, 11) is 0. The zero-order valence-electron chi connectivity index (χ0n) is 15.1. The molecule has 1 amide bonds. The highest BCUT2D eigenvalue weighted by Crippen LogP contribution is 2.41. The van der Waals surface area contributed by atoms with Crippen LogP contribution in [0.5, 0.6) is 0 Å². The highest BCUT2D eigenvalue weighted by molar-refractivity contribution is 6.30. The Hall–Kier alpha value is -2.09. The van der Waals surface area contributed by atoms with E-state index in [1.807, 2.05) is 0 Å². The lowest BCUT2D eigenvalue weighted by Crippen LogP contribution is -2.47. The molecule has 1 aromatic heterocycles. The Bertz CT molecular complexity index is 881. The predicted molar refractivity (Wildman–Crippen MR) is 101 cm³/mol. The number of aromatic nitrogens is 1. The Morgan fingerprint density at radius 1 is 1.21 bits per heavy atom. The topological polar surface area (TPSA) is 66.0 Å². The van der Waals surface area contributed by atoms with Gasteiger partial charge in [-0.15, -0.1) is 0 Å². The van der Waals surface area contributed by atoms with Crippen LogP contribution < -0.4 is 16.2 Å². The molecule has 3 N–H and O–H groups in total. The van der Waals surface area contributed by atoms with Crippen molar-refractivity contribution in [1.82, 2.24) is 21.2 Å². The molecule has 1 aliphatic carbocycles. The molecule has 2 aliphatic rings. The first kappa shape index (κ1) is 19.2. The maximum Gasteiger partial charge on any atom is 0.225 e. The molecule has 4 rings (SSSR count). The van der Waals surface area contributed by atoms with E-state index >= 15 is 0 Å². The van der Waals surface area contributed by atoms with Gasteiger partial charge >= 0.3 is 0 Å². The normalized spacial score (nSPS) is 26.7. The summed E-state index contributed by atoms with van der Waals surface area (Å²) in [4.78, 5) is 16.6. The quantitative estimate of drug-likeness (QED) is 0.729. The molecule has 2 aromatic rings. The van der Waals surface area contributed by atoms with Crippen LogP contribution in [-0.2, 0) is 11.3 Å². The van der Waals surface area contributed by atoms with Crippen LogP contribution in [0, 0.1) is 23.5 Å². The summed E-state index contributed by atoms with van der Waals surface area (Å²) in [6, 6.07) is 5.88. The van der Waals surface area contributed by atoms with E-state index in [9.17, 15) is 13.6 Å². The molecular formula is C20H21ClF2N4O. The number of pyridine rings is 1. The van der Waals surface area contributed by atoms with Crippen LogP contribution in [0.4, 0.5) is 8.78 Å². The van der Waals surface area contributed by atoms with Gasteiger partial charge in [-0.1, -0.05) is 24.1 Å². The van der Waals surface area contributed by atoms with Gasteiger partial charge in [0.05, 0.1) is 23.2 Å². The van der Waals surface area contributed by atoms with E-state index in [-0.39, 0.29) is 47.2 Å². The number of carbonyl (C=O) groups excluding carboxylic acids is 1. The molecule has 0 spiro atoms. The van der Waals surface area contributed by atoms with E-state index in [0.29, 0.717) is 11.1 Å². The van der Waals surface area contributed by atoms with Crippen molar-refractivity contribution in [2.45, 2.75) is 37.9 Å². The van der Waals surface area contributed by atoms with Crippen molar-refractivity contribution in [3.63, 3.8) is 0 Å². The van der Waals surface area contributed by atoms with Crippen molar-refractivity contribution < 1.29 is 13.6 Å². The highest BCUT2D eigenvalue weighted by atomic mass is 35.5. The second kappa shape index (κ2) is 8.11. The van der Waals surface area contributed by atoms with Crippen molar-refractivity contribution in [1.29, 1.82) is 0 Å². The fraction of sp³-hybridized carbons (Fsp3) is 0.400. The molecule has 0 radical (unpaired) electrons. The van der Waals surface area contributed by atoms with Crippen molar-refractivity contribution in [3.05, 3.63) is 64.4 Å². The van der Waals surface area contributed by atoms with Crippen molar-refractivity contribution in [2.75, 3.05) is 0 Å². The summed E-state index contributed by atoms with van der Waals surface area (Å²) < 4.78 is 27.7. The lowest BCUT2D eigenvalue weighted by atomic mass is 9.73. The largest absolute Gasteiger partial charge is 0.352 e. The standard InChI is InChI=1S/C20H21ClF2N4O/c21-15-5-4-11(8-16(15)22)9-25-20(28)14-3-1-2-13-18(26-27-19(13)14)12-6-7-24-10-17(12)23/h4-8,10,13-14,18-19,26-27H,1-3,9H2,(H,25,28). The second-order valence-electron chi connectivity index (χ2n) is 7.36. The number of hydrazine groups is 1. The minimum atomic E-state index is -0.505. The fourth-order valence-corrected chi connectivity index (χ4v) is 4.43. The van der Waals surface area contributed by atoms with Crippen LogP contribution in [0.2, 0.25) is 5.02 Å². The minimum absolute atomic E-state index is 0.0563. The van der Waals surface area contributed by atoms with Crippen LogP contribution >= 0.6 is 11.6 Å². The zero-order valence-corrected chi connectivity index (χ0v) is 15.8. The maximum atomic E-state index is 14.2. The Kier molecular flexibility index (Phi) is 5.57. The number of amides is 1. The van der Waals surface area contributed by atoms with Gasteiger partial charge in [0.2, 0.25) is 5.91 Å². The third-order valence-electron chi connectivity index (χ3n) is 5.71. The van der Waals surface area contributed by atoms with Gasteiger partial charge in [-0.05, 0) is 42.5 Å². The lowest BCUT2D eigenvalue weighted by molar-refractivity contribution is -0.127. The number of benzene rings is 1. The van der Waals surface area contributed by atoms with Crippen molar-refractivity contribution in [3.8, 4) is 0 Å². The number of nitrogens with zero attached hydrogens (tertiary/aromatic N) is 1. The summed E-state index contributed by atoms with van der Waals surface area (Å²) in [6.45, 7) is 0.233. The number of hydrogen-bond acceptors (Lipinski definition) is 4. The van der Waals surface area contributed by atoms with Gasteiger partial charge in [-0.25, -0.2) is 14.2 Å². The van der Waals surface area contributed by atoms with E-state index in [1.54, 1.807) is 18.3 Å². The Labute approximate surface area is 166 Å². The second-order valence-corrected chi connectivity index (χ2v) is 7.76. The highest BCUT2D eigenvalue weighted by Gasteiger charge is 2.46.